The van der Waals surface area contributed by atoms with Gasteiger partial charge in [0.05, 0.1) is 10.7 Å². The second-order valence-electron chi connectivity index (χ2n) is 5.41. The van der Waals surface area contributed by atoms with Gasteiger partial charge in [-0.3, -0.25) is 0 Å². The maximum atomic E-state index is 6.14. The van der Waals surface area contributed by atoms with Crippen LogP contribution >= 0.6 is 35.4 Å². The van der Waals surface area contributed by atoms with Crippen LogP contribution < -0.4 is 5.32 Å². The summed E-state index contributed by atoms with van der Waals surface area (Å²) in [4.78, 5) is 2.22. The lowest BCUT2D eigenvalue weighted by Gasteiger charge is -2.36. The molecule has 19 heavy (non-hydrogen) atoms. The molecule has 1 aliphatic rings. The van der Waals surface area contributed by atoms with Gasteiger partial charge >= 0.3 is 0 Å². The Morgan fingerprint density at radius 2 is 1.89 bits per heavy atom. The third-order valence-corrected chi connectivity index (χ3v) is 4.24. The highest BCUT2D eigenvalue weighted by Gasteiger charge is 2.23. The van der Waals surface area contributed by atoms with Crippen LogP contribution in [0.15, 0.2) is 18.2 Å². The quantitative estimate of drug-likeness (QED) is 0.758. The first kappa shape index (κ1) is 14.9. The molecule has 2 unspecified atom stereocenters. The zero-order valence-electron chi connectivity index (χ0n) is 11.1. The molecule has 0 aromatic heterocycles. The van der Waals surface area contributed by atoms with E-state index < -0.39 is 0 Å². The lowest BCUT2D eigenvalue weighted by Crippen LogP contribution is -2.44. The Balaban J connectivity index is 2.04. The second-order valence-corrected chi connectivity index (χ2v) is 6.64. The summed E-state index contributed by atoms with van der Waals surface area (Å²) >= 11 is 17.5. The van der Waals surface area contributed by atoms with Gasteiger partial charge in [-0.15, -0.1) is 0 Å². The number of nitrogens with zero attached hydrogens (tertiary/aromatic N) is 1. The van der Waals surface area contributed by atoms with Crippen molar-refractivity contribution in [2.75, 3.05) is 18.4 Å². The number of rotatable bonds is 1. The van der Waals surface area contributed by atoms with Gasteiger partial charge < -0.3 is 10.2 Å². The van der Waals surface area contributed by atoms with Crippen molar-refractivity contribution in [1.82, 2.24) is 4.90 Å². The summed E-state index contributed by atoms with van der Waals surface area (Å²) in [5.74, 6) is 1.34. The first-order chi connectivity index (χ1) is 8.95. The standard InChI is InChI=1S/C14H18Cl2N2S/c1-9-5-10(2)8-18(7-9)14(19)17-13-4-3-11(15)6-12(13)16/h3-4,6,9-10H,5,7-8H2,1-2H3,(H,17,19). The Hall–Kier alpha value is -0.510. The first-order valence-corrected chi connectivity index (χ1v) is 7.63. The number of nitrogens with one attached hydrogen (secondary N) is 1. The minimum absolute atomic E-state index is 0.591. The summed E-state index contributed by atoms with van der Waals surface area (Å²) in [6.45, 7) is 6.53. The van der Waals surface area contributed by atoms with Crippen molar-refractivity contribution in [3.05, 3.63) is 28.2 Å². The number of hydrogen-bond acceptors (Lipinski definition) is 1. The van der Waals surface area contributed by atoms with E-state index in [0.717, 1.165) is 23.9 Å². The van der Waals surface area contributed by atoms with E-state index >= 15 is 0 Å². The normalized spacial score (nSPS) is 23.3. The van der Waals surface area contributed by atoms with E-state index in [1.54, 1.807) is 12.1 Å². The molecule has 1 heterocycles. The van der Waals surface area contributed by atoms with Gasteiger partial charge in [0, 0.05) is 18.1 Å². The molecule has 1 aromatic carbocycles. The molecule has 0 bridgehead atoms. The number of anilines is 1. The third-order valence-electron chi connectivity index (χ3n) is 3.33. The molecule has 1 aliphatic heterocycles. The molecule has 0 spiro atoms. The Labute approximate surface area is 130 Å². The first-order valence-electron chi connectivity index (χ1n) is 6.46. The zero-order valence-corrected chi connectivity index (χ0v) is 13.4. The molecule has 2 atom stereocenters. The number of likely N-dealkylation sites (tertiary alicyclic amines) is 1. The number of hydrogen-bond donors (Lipinski definition) is 1. The van der Waals surface area contributed by atoms with E-state index in [1.807, 2.05) is 6.07 Å². The molecule has 1 aromatic rings. The summed E-state index contributed by atoms with van der Waals surface area (Å²) in [5, 5.41) is 5.17. The van der Waals surface area contributed by atoms with Crippen LogP contribution in [0, 0.1) is 11.8 Å². The summed E-state index contributed by atoms with van der Waals surface area (Å²) in [6.07, 6.45) is 1.26. The van der Waals surface area contributed by atoms with E-state index in [9.17, 15) is 0 Å². The fourth-order valence-corrected chi connectivity index (χ4v) is 3.33. The monoisotopic (exact) mass is 316 g/mol. The fraction of sp³-hybridized carbons (Fsp3) is 0.500. The number of thiocarbonyl (C=S) groups is 1. The van der Waals surface area contributed by atoms with Gasteiger partial charge in [-0.05, 0) is 48.7 Å². The van der Waals surface area contributed by atoms with Gasteiger partial charge in [-0.2, -0.15) is 0 Å². The van der Waals surface area contributed by atoms with Gasteiger partial charge in [-0.1, -0.05) is 37.0 Å². The molecule has 2 nitrogen and oxygen atoms in total. The third kappa shape index (κ3) is 3.98. The summed E-state index contributed by atoms with van der Waals surface area (Å²) in [5.41, 5.74) is 0.807. The van der Waals surface area contributed by atoms with Crippen LogP contribution in [0.3, 0.4) is 0 Å². The average Bonchev–Trinajstić information content (AvgIpc) is 2.31. The summed E-state index contributed by atoms with van der Waals surface area (Å²) < 4.78 is 0. The smallest absolute Gasteiger partial charge is 0.173 e. The van der Waals surface area contributed by atoms with E-state index in [-0.39, 0.29) is 0 Å². The molecule has 0 amide bonds. The summed E-state index contributed by atoms with van der Waals surface area (Å²) in [6, 6.07) is 5.38. The fourth-order valence-electron chi connectivity index (χ4n) is 2.61. The molecule has 1 fully saturated rings. The zero-order chi connectivity index (χ0) is 14.0. The lowest BCUT2D eigenvalue weighted by molar-refractivity contribution is 0.216. The Kier molecular flexibility index (Phi) is 4.93. The van der Waals surface area contributed by atoms with Gasteiger partial charge in [0.15, 0.2) is 5.11 Å². The molecule has 0 saturated carbocycles. The predicted octanol–water partition coefficient (Wildman–Crippen LogP) is 4.67. The highest BCUT2D eigenvalue weighted by Crippen LogP contribution is 2.27. The van der Waals surface area contributed by atoms with Gasteiger partial charge in [0.2, 0.25) is 0 Å². The van der Waals surface area contributed by atoms with Crippen LogP contribution in [0.1, 0.15) is 20.3 Å². The van der Waals surface area contributed by atoms with Crippen molar-refractivity contribution in [2.24, 2.45) is 11.8 Å². The van der Waals surface area contributed by atoms with Crippen LogP contribution in [0.4, 0.5) is 5.69 Å². The molecular formula is C14H18Cl2N2S. The van der Waals surface area contributed by atoms with E-state index in [4.69, 9.17) is 35.4 Å². The maximum absolute atomic E-state index is 6.14. The molecule has 104 valence electrons. The Morgan fingerprint density at radius 3 is 2.47 bits per heavy atom. The van der Waals surface area contributed by atoms with Crippen molar-refractivity contribution in [2.45, 2.75) is 20.3 Å². The van der Waals surface area contributed by atoms with Gasteiger partial charge in [0.25, 0.3) is 0 Å². The minimum Gasteiger partial charge on any atom is -0.348 e. The molecule has 1 saturated heterocycles. The van der Waals surface area contributed by atoms with Crippen molar-refractivity contribution in [3.63, 3.8) is 0 Å². The molecule has 1 N–H and O–H groups in total. The van der Waals surface area contributed by atoms with Crippen molar-refractivity contribution < 1.29 is 0 Å². The SMILES string of the molecule is CC1CC(C)CN(C(=S)Nc2ccc(Cl)cc2Cl)C1. The molecular weight excluding hydrogens is 299 g/mol. The summed E-state index contributed by atoms with van der Waals surface area (Å²) in [7, 11) is 0. The van der Waals surface area contributed by atoms with Crippen LogP contribution in [0.25, 0.3) is 0 Å². The van der Waals surface area contributed by atoms with Gasteiger partial charge in [-0.25, -0.2) is 0 Å². The van der Waals surface area contributed by atoms with Gasteiger partial charge in [0.1, 0.15) is 0 Å². The van der Waals surface area contributed by atoms with Crippen LogP contribution in [0.2, 0.25) is 10.0 Å². The van der Waals surface area contributed by atoms with Crippen LogP contribution in [-0.2, 0) is 0 Å². The highest BCUT2D eigenvalue weighted by molar-refractivity contribution is 7.80. The predicted molar refractivity (Wildman–Crippen MR) is 87.2 cm³/mol. The topological polar surface area (TPSA) is 15.3 Å². The van der Waals surface area contributed by atoms with E-state index in [2.05, 4.69) is 24.1 Å². The number of halogens is 2. The maximum Gasteiger partial charge on any atom is 0.173 e. The van der Waals surface area contributed by atoms with Crippen molar-refractivity contribution in [3.8, 4) is 0 Å². The average molecular weight is 317 g/mol. The molecule has 2 rings (SSSR count). The Morgan fingerprint density at radius 1 is 1.26 bits per heavy atom. The number of piperidine rings is 1. The minimum atomic E-state index is 0.591. The lowest BCUT2D eigenvalue weighted by atomic mass is 9.92. The van der Waals surface area contributed by atoms with E-state index in [0.29, 0.717) is 21.9 Å². The molecule has 5 heteroatoms. The molecule has 0 radical (unpaired) electrons. The number of benzene rings is 1. The second kappa shape index (κ2) is 6.29. The van der Waals surface area contributed by atoms with Crippen LogP contribution in [0.5, 0.6) is 0 Å². The van der Waals surface area contributed by atoms with Crippen LogP contribution in [-0.4, -0.2) is 23.1 Å². The van der Waals surface area contributed by atoms with Crippen molar-refractivity contribution >= 4 is 46.2 Å². The van der Waals surface area contributed by atoms with Crippen molar-refractivity contribution in [1.29, 1.82) is 0 Å². The molecule has 0 aliphatic carbocycles. The largest absolute Gasteiger partial charge is 0.348 e. The van der Waals surface area contributed by atoms with E-state index in [1.165, 1.54) is 6.42 Å². The Bertz CT molecular complexity index is 469. The highest BCUT2D eigenvalue weighted by atomic mass is 35.5.